The van der Waals surface area contributed by atoms with Crippen LogP contribution >= 0.6 is 35.3 Å². The van der Waals surface area contributed by atoms with E-state index in [9.17, 15) is 9.18 Å². The second-order valence-electron chi connectivity index (χ2n) is 6.91. The van der Waals surface area contributed by atoms with Gasteiger partial charge in [-0.25, -0.2) is 9.37 Å². The van der Waals surface area contributed by atoms with Crippen molar-refractivity contribution in [3.63, 3.8) is 0 Å². The summed E-state index contributed by atoms with van der Waals surface area (Å²) in [5.74, 6) is -0.368. The Morgan fingerprint density at radius 3 is 2.37 bits per heavy atom. The van der Waals surface area contributed by atoms with Crippen LogP contribution in [0.25, 0.3) is 10.2 Å². The van der Waals surface area contributed by atoms with E-state index < -0.39 is 0 Å². The molecule has 3 rings (SSSR count). The number of anilines is 1. The minimum absolute atomic E-state index is 0. The maximum Gasteiger partial charge on any atom is 0.233 e. The molecular formula is C22H26Cl2FN3OS. The Hall–Kier alpha value is -1.73. The number of carbonyl (C=O) groups is 1. The maximum absolute atomic E-state index is 13.2. The third-order valence-corrected chi connectivity index (χ3v) is 6.56. The molecule has 0 fully saturated rings. The number of carbonyl (C=O) groups excluding carboxylic acids is 1. The second kappa shape index (κ2) is 11.0. The Balaban J connectivity index is 0.00000320. The molecule has 1 heterocycles. The first-order valence-electron chi connectivity index (χ1n) is 9.75. The number of aryl methyl sites for hydroxylation is 1. The summed E-state index contributed by atoms with van der Waals surface area (Å²) in [6, 6.07) is 9.86. The van der Waals surface area contributed by atoms with E-state index in [2.05, 4.69) is 18.7 Å². The van der Waals surface area contributed by atoms with Gasteiger partial charge in [0.2, 0.25) is 5.91 Å². The molecule has 0 N–H and O–H groups in total. The van der Waals surface area contributed by atoms with Crippen molar-refractivity contribution in [1.82, 2.24) is 9.88 Å². The number of halogens is 3. The van der Waals surface area contributed by atoms with Gasteiger partial charge in [0.15, 0.2) is 5.13 Å². The molecule has 1 amide bonds. The lowest BCUT2D eigenvalue weighted by molar-refractivity contribution is -0.118. The van der Waals surface area contributed by atoms with Crippen LogP contribution in [0.1, 0.15) is 25.0 Å². The molecule has 3 aromatic rings. The fourth-order valence-corrected chi connectivity index (χ4v) is 4.55. The van der Waals surface area contributed by atoms with Crippen LogP contribution in [0.3, 0.4) is 0 Å². The first kappa shape index (κ1) is 24.5. The summed E-state index contributed by atoms with van der Waals surface area (Å²) in [5.41, 5.74) is 2.64. The number of amides is 1. The average Bonchev–Trinajstić information content (AvgIpc) is 3.16. The van der Waals surface area contributed by atoms with Crippen molar-refractivity contribution in [3.8, 4) is 0 Å². The molecule has 0 aliphatic rings. The van der Waals surface area contributed by atoms with E-state index >= 15 is 0 Å². The van der Waals surface area contributed by atoms with E-state index in [1.807, 2.05) is 19.1 Å². The predicted octanol–water partition coefficient (Wildman–Crippen LogP) is 5.74. The molecule has 0 atom stereocenters. The first-order chi connectivity index (χ1) is 13.9. The van der Waals surface area contributed by atoms with Crippen LogP contribution in [0, 0.1) is 12.7 Å². The zero-order valence-corrected chi connectivity index (χ0v) is 19.7. The van der Waals surface area contributed by atoms with E-state index in [1.54, 1.807) is 17.0 Å². The Bertz CT molecular complexity index is 951. The van der Waals surface area contributed by atoms with Crippen molar-refractivity contribution in [1.29, 1.82) is 0 Å². The number of rotatable bonds is 8. The number of likely N-dealkylation sites (N-methyl/N-ethyl adjacent to an activating group) is 1. The standard InChI is InChI=1S/C22H25ClFN3OS.ClH/c1-4-26(5-2)12-13-27(19(28)14-16-7-9-17(24)10-8-16)22-25-20-15(3)6-11-18(23)21(20)29-22;/h6-11H,4-5,12-14H2,1-3H3;1H. The molecule has 0 spiro atoms. The van der Waals surface area contributed by atoms with Gasteiger partial charge in [-0.2, -0.15) is 0 Å². The molecule has 0 radical (unpaired) electrons. The number of hydrogen-bond donors (Lipinski definition) is 0. The summed E-state index contributed by atoms with van der Waals surface area (Å²) >= 11 is 7.80. The van der Waals surface area contributed by atoms with Crippen molar-refractivity contribution in [2.24, 2.45) is 0 Å². The molecule has 0 unspecified atom stereocenters. The Labute approximate surface area is 192 Å². The lowest BCUT2D eigenvalue weighted by atomic mass is 10.1. The summed E-state index contributed by atoms with van der Waals surface area (Å²) in [6.45, 7) is 9.33. The molecule has 0 saturated carbocycles. The quantitative estimate of drug-likeness (QED) is 0.422. The summed E-state index contributed by atoms with van der Waals surface area (Å²) in [5, 5.41) is 1.29. The van der Waals surface area contributed by atoms with Gasteiger partial charge >= 0.3 is 0 Å². The van der Waals surface area contributed by atoms with Gasteiger partial charge in [-0.1, -0.05) is 55.0 Å². The zero-order valence-electron chi connectivity index (χ0n) is 17.3. The van der Waals surface area contributed by atoms with E-state index in [1.165, 1.54) is 23.5 Å². The van der Waals surface area contributed by atoms with E-state index in [-0.39, 0.29) is 30.6 Å². The molecular weight excluding hydrogens is 444 g/mol. The molecule has 1 aromatic heterocycles. The van der Waals surface area contributed by atoms with Crippen molar-refractivity contribution < 1.29 is 9.18 Å². The summed E-state index contributed by atoms with van der Waals surface area (Å²) in [7, 11) is 0. The van der Waals surface area contributed by atoms with Gasteiger partial charge in [0.1, 0.15) is 5.82 Å². The van der Waals surface area contributed by atoms with Gasteiger partial charge in [-0.3, -0.25) is 9.69 Å². The topological polar surface area (TPSA) is 36.4 Å². The predicted molar refractivity (Wildman–Crippen MR) is 127 cm³/mol. The molecule has 2 aromatic carbocycles. The van der Waals surface area contributed by atoms with Crippen molar-refractivity contribution in [2.45, 2.75) is 27.2 Å². The van der Waals surface area contributed by atoms with E-state index in [0.717, 1.165) is 41.0 Å². The van der Waals surface area contributed by atoms with Gasteiger partial charge in [-0.15, -0.1) is 12.4 Å². The average molecular weight is 470 g/mol. The highest BCUT2D eigenvalue weighted by Gasteiger charge is 2.22. The molecule has 162 valence electrons. The van der Waals surface area contributed by atoms with Gasteiger partial charge in [-0.05, 0) is 49.3 Å². The lowest BCUT2D eigenvalue weighted by Crippen LogP contribution is -2.39. The smallest absolute Gasteiger partial charge is 0.233 e. The monoisotopic (exact) mass is 469 g/mol. The fraction of sp³-hybridized carbons (Fsp3) is 0.364. The number of fused-ring (bicyclic) bond motifs is 1. The summed E-state index contributed by atoms with van der Waals surface area (Å²) in [4.78, 5) is 21.9. The highest BCUT2D eigenvalue weighted by molar-refractivity contribution is 7.23. The Morgan fingerprint density at radius 2 is 1.77 bits per heavy atom. The Morgan fingerprint density at radius 1 is 1.10 bits per heavy atom. The number of aromatic nitrogens is 1. The van der Waals surface area contributed by atoms with Crippen molar-refractivity contribution in [3.05, 3.63) is 58.4 Å². The van der Waals surface area contributed by atoms with Crippen LogP contribution in [-0.2, 0) is 11.2 Å². The van der Waals surface area contributed by atoms with Crippen LogP contribution in [0.2, 0.25) is 5.02 Å². The van der Waals surface area contributed by atoms with Crippen LogP contribution in [0.4, 0.5) is 9.52 Å². The summed E-state index contributed by atoms with van der Waals surface area (Å²) in [6.07, 6.45) is 0.196. The molecule has 4 nitrogen and oxygen atoms in total. The zero-order chi connectivity index (χ0) is 21.0. The first-order valence-corrected chi connectivity index (χ1v) is 10.9. The van der Waals surface area contributed by atoms with Gasteiger partial charge in [0.25, 0.3) is 0 Å². The number of benzene rings is 2. The molecule has 0 saturated heterocycles. The highest BCUT2D eigenvalue weighted by Crippen LogP contribution is 2.35. The van der Waals surface area contributed by atoms with Gasteiger partial charge in [0, 0.05) is 13.1 Å². The molecule has 8 heteroatoms. The lowest BCUT2D eigenvalue weighted by Gasteiger charge is -2.24. The largest absolute Gasteiger partial charge is 0.302 e. The van der Waals surface area contributed by atoms with Gasteiger partial charge < -0.3 is 4.90 Å². The number of thiazole rings is 1. The summed E-state index contributed by atoms with van der Waals surface area (Å²) < 4.78 is 14.1. The van der Waals surface area contributed by atoms with Crippen LogP contribution < -0.4 is 4.90 Å². The maximum atomic E-state index is 13.2. The molecule has 0 aliphatic carbocycles. The Kier molecular flexibility index (Phi) is 9.04. The SMILES string of the molecule is CCN(CC)CCN(C(=O)Cc1ccc(F)cc1)c1nc2c(C)ccc(Cl)c2s1.Cl. The minimum Gasteiger partial charge on any atom is -0.302 e. The number of hydrogen-bond acceptors (Lipinski definition) is 4. The normalized spacial score (nSPS) is 11.0. The van der Waals surface area contributed by atoms with Gasteiger partial charge in [0.05, 0.1) is 21.7 Å². The molecule has 0 bridgehead atoms. The molecule has 0 aliphatic heterocycles. The minimum atomic E-state index is -0.309. The third kappa shape index (κ3) is 5.70. The van der Waals surface area contributed by atoms with Crippen LogP contribution in [0.5, 0.6) is 0 Å². The second-order valence-corrected chi connectivity index (χ2v) is 8.30. The van der Waals surface area contributed by atoms with Crippen LogP contribution in [-0.4, -0.2) is 42.0 Å². The van der Waals surface area contributed by atoms with Crippen molar-refractivity contribution in [2.75, 3.05) is 31.1 Å². The van der Waals surface area contributed by atoms with Crippen LogP contribution in [0.15, 0.2) is 36.4 Å². The third-order valence-electron chi connectivity index (χ3n) is 5.02. The van der Waals surface area contributed by atoms with E-state index in [0.29, 0.717) is 16.7 Å². The van der Waals surface area contributed by atoms with Crippen molar-refractivity contribution >= 4 is 56.6 Å². The van der Waals surface area contributed by atoms with E-state index in [4.69, 9.17) is 16.6 Å². The molecule has 30 heavy (non-hydrogen) atoms. The highest BCUT2D eigenvalue weighted by atomic mass is 35.5. The fourth-order valence-electron chi connectivity index (χ4n) is 3.19. The number of nitrogens with zero attached hydrogens (tertiary/aromatic N) is 3.